The molecule has 1 aromatic carbocycles. The van der Waals surface area contributed by atoms with Crippen molar-refractivity contribution >= 4 is 27.7 Å². The van der Waals surface area contributed by atoms with Gasteiger partial charge in [-0.15, -0.1) is 0 Å². The normalized spacial score (nSPS) is 11.1. The molecule has 3 rings (SSSR count). The van der Waals surface area contributed by atoms with Gasteiger partial charge >= 0.3 is 5.97 Å². The van der Waals surface area contributed by atoms with Crippen LogP contribution in [0.1, 0.15) is 10.5 Å². The highest BCUT2D eigenvalue weighted by atomic mass is 79.9. The summed E-state index contributed by atoms with van der Waals surface area (Å²) in [6.45, 7) is 0. The van der Waals surface area contributed by atoms with Crippen molar-refractivity contribution in [2.24, 2.45) is 7.05 Å². The van der Waals surface area contributed by atoms with E-state index in [2.05, 4.69) is 20.9 Å². The first-order chi connectivity index (χ1) is 9.06. The summed E-state index contributed by atoms with van der Waals surface area (Å²) in [5, 5.41) is 9.04. The molecule has 0 aliphatic carbocycles. The second kappa shape index (κ2) is 4.24. The number of carboxylic acids is 1. The SMILES string of the molecule is Cn1c(C(=O)O)cn2cc(-c3cccc(Br)c3)nc12. The molecule has 1 N–H and O–H groups in total. The van der Waals surface area contributed by atoms with Gasteiger partial charge in [0.05, 0.1) is 5.69 Å². The third-order valence-electron chi connectivity index (χ3n) is 2.97. The van der Waals surface area contributed by atoms with Crippen LogP contribution in [0, 0.1) is 0 Å². The summed E-state index contributed by atoms with van der Waals surface area (Å²) >= 11 is 3.42. The Morgan fingerprint density at radius 3 is 2.79 bits per heavy atom. The van der Waals surface area contributed by atoms with E-state index in [9.17, 15) is 4.79 Å². The number of nitrogens with zero attached hydrogens (tertiary/aromatic N) is 3. The van der Waals surface area contributed by atoms with E-state index in [0.717, 1.165) is 15.7 Å². The van der Waals surface area contributed by atoms with Crippen molar-refractivity contribution in [3.8, 4) is 11.3 Å². The van der Waals surface area contributed by atoms with Crippen LogP contribution in [0.4, 0.5) is 0 Å². The highest BCUT2D eigenvalue weighted by molar-refractivity contribution is 9.10. The Morgan fingerprint density at radius 2 is 2.16 bits per heavy atom. The summed E-state index contributed by atoms with van der Waals surface area (Å²) in [5.74, 6) is -0.357. The van der Waals surface area contributed by atoms with Gasteiger partial charge in [-0.2, -0.15) is 0 Å². The van der Waals surface area contributed by atoms with Crippen molar-refractivity contribution in [2.75, 3.05) is 0 Å². The lowest BCUT2D eigenvalue weighted by molar-refractivity contribution is 0.0687. The van der Waals surface area contributed by atoms with Crippen LogP contribution in [0.3, 0.4) is 0 Å². The number of rotatable bonds is 2. The molecule has 0 saturated carbocycles. The van der Waals surface area contributed by atoms with E-state index in [1.165, 1.54) is 0 Å². The van der Waals surface area contributed by atoms with Gasteiger partial charge in [0, 0.05) is 29.5 Å². The van der Waals surface area contributed by atoms with Gasteiger partial charge in [-0.3, -0.25) is 4.40 Å². The Morgan fingerprint density at radius 1 is 1.37 bits per heavy atom. The second-order valence-electron chi connectivity index (χ2n) is 4.22. The smallest absolute Gasteiger partial charge is 0.354 e. The Hall–Kier alpha value is -2.08. The van der Waals surface area contributed by atoms with E-state index in [-0.39, 0.29) is 5.69 Å². The van der Waals surface area contributed by atoms with E-state index in [1.54, 1.807) is 22.2 Å². The molecule has 0 saturated heterocycles. The van der Waals surface area contributed by atoms with Gasteiger partial charge in [-0.1, -0.05) is 28.1 Å². The molecule has 6 heteroatoms. The van der Waals surface area contributed by atoms with Crippen molar-refractivity contribution in [3.63, 3.8) is 0 Å². The van der Waals surface area contributed by atoms with Crippen LogP contribution in [0.25, 0.3) is 17.0 Å². The first kappa shape index (κ1) is 12.0. The molecule has 3 aromatic rings. The van der Waals surface area contributed by atoms with E-state index in [0.29, 0.717) is 5.78 Å². The number of carbonyl (C=O) groups is 1. The first-order valence-corrected chi connectivity index (χ1v) is 6.39. The van der Waals surface area contributed by atoms with Crippen LogP contribution in [0.15, 0.2) is 41.1 Å². The Bertz CT molecular complexity index is 788. The van der Waals surface area contributed by atoms with Crippen molar-refractivity contribution in [1.29, 1.82) is 0 Å². The molecule has 96 valence electrons. The molecule has 0 aliphatic heterocycles. The lowest BCUT2D eigenvalue weighted by Gasteiger charge is -1.97. The Kier molecular flexibility index (Phi) is 2.67. The van der Waals surface area contributed by atoms with Crippen molar-refractivity contribution in [2.45, 2.75) is 0 Å². The molecule has 0 unspecified atom stereocenters. The van der Waals surface area contributed by atoms with Crippen LogP contribution in [-0.2, 0) is 7.05 Å². The van der Waals surface area contributed by atoms with Crippen molar-refractivity contribution < 1.29 is 9.90 Å². The van der Waals surface area contributed by atoms with Gasteiger partial charge in [-0.05, 0) is 12.1 Å². The molecule has 5 nitrogen and oxygen atoms in total. The molecule has 0 atom stereocenters. The number of aromatic nitrogens is 3. The van der Waals surface area contributed by atoms with Gasteiger partial charge in [0.25, 0.3) is 0 Å². The van der Waals surface area contributed by atoms with Gasteiger partial charge in [0.1, 0.15) is 5.69 Å². The minimum Gasteiger partial charge on any atom is -0.477 e. The number of imidazole rings is 2. The number of halogens is 1. The topological polar surface area (TPSA) is 59.5 Å². The summed E-state index contributed by atoms with van der Waals surface area (Å²) in [5.41, 5.74) is 2.00. The zero-order chi connectivity index (χ0) is 13.6. The molecule has 2 heterocycles. The average molecular weight is 320 g/mol. The van der Waals surface area contributed by atoms with Crippen molar-refractivity contribution in [1.82, 2.24) is 14.0 Å². The quantitative estimate of drug-likeness (QED) is 0.790. The zero-order valence-electron chi connectivity index (χ0n) is 10.0. The number of aryl methyl sites for hydroxylation is 1. The predicted molar refractivity (Wildman–Crippen MR) is 74.3 cm³/mol. The van der Waals surface area contributed by atoms with Crippen LogP contribution in [0.5, 0.6) is 0 Å². The lowest BCUT2D eigenvalue weighted by atomic mass is 10.2. The van der Waals surface area contributed by atoms with E-state index >= 15 is 0 Å². The number of fused-ring (bicyclic) bond motifs is 1. The molecule has 0 bridgehead atoms. The third kappa shape index (κ3) is 1.94. The molecule has 0 amide bonds. The number of carboxylic acid groups (broad SMARTS) is 1. The number of hydrogen-bond acceptors (Lipinski definition) is 2. The van der Waals surface area contributed by atoms with E-state index in [4.69, 9.17) is 5.11 Å². The van der Waals surface area contributed by atoms with Crippen LogP contribution < -0.4 is 0 Å². The van der Waals surface area contributed by atoms with Crippen LogP contribution >= 0.6 is 15.9 Å². The molecule has 0 aliphatic rings. The number of hydrogen-bond donors (Lipinski definition) is 1. The molecule has 0 radical (unpaired) electrons. The largest absolute Gasteiger partial charge is 0.477 e. The fourth-order valence-electron chi connectivity index (χ4n) is 2.04. The fraction of sp³-hybridized carbons (Fsp3) is 0.0769. The molecular formula is C13H10BrN3O2. The van der Waals surface area contributed by atoms with E-state index < -0.39 is 5.97 Å². The average Bonchev–Trinajstić information content (AvgIpc) is 2.89. The maximum atomic E-state index is 11.0. The monoisotopic (exact) mass is 319 g/mol. The molecule has 0 fully saturated rings. The number of benzene rings is 1. The second-order valence-corrected chi connectivity index (χ2v) is 5.14. The minimum atomic E-state index is -0.961. The summed E-state index contributed by atoms with van der Waals surface area (Å²) in [7, 11) is 1.69. The zero-order valence-corrected chi connectivity index (χ0v) is 11.6. The Labute approximate surface area is 117 Å². The van der Waals surface area contributed by atoms with E-state index in [1.807, 2.05) is 30.5 Å². The number of aromatic carboxylic acids is 1. The highest BCUT2D eigenvalue weighted by Gasteiger charge is 2.15. The lowest BCUT2D eigenvalue weighted by Crippen LogP contribution is -2.04. The van der Waals surface area contributed by atoms with Crippen LogP contribution in [-0.4, -0.2) is 25.0 Å². The van der Waals surface area contributed by atoms with Gasteiger partial charge < -0.3 is 9.67 Å². The first-order valence-electron chi connectivity index (χ1n) is 5.60. The minimum absolute atomic E-state index is 0.211. The third-order valence-corrected chi connectivity index (χ3v) is 3.47. The Balaban J connectivity index is 2.16. The fourth-order valence-corrected chi connectivity index (χ4v) is 2.44. The van der Waals surface area contributed by atoms with Gasteiger partial charge in [0.15, 0.2) is 0 Å². The molecule has 2 aromatic heterocycles. The summed E-state index contributed by atoms with van der Waals surface area (Å²) in [4.78, 5) is 15.5. The molecule has 0 spiro atoms. The van der Waals surface area contributed by atoms with Crippen LogP contribution in [0.2, 0.25) is 0 Å². The summed E-state index contributed by atoms with van der Waals surface area (Å²) in [6, 6.07) is 7.82. The van der Waals surface area contributed by atoms with Gasteiger partial charge in [-0.25, -0.2) is 9.78 Å². The molecule has 19 heavy (non-hydrogen) atoms. The highest BCUT2D eigenvalue weighted by Crippen LogP contribution is 2.23. The maximum Gasteiger partial charge on any atom is 0.354 e. The van der Waals surface area contributed by atoms with Gasteiger partial charge in [0.2, 0.25) is 5.78 Å². The molecular weight excluding hydrogens is 310 g/mol. The summed E-state index contributed by atoms with van der Waals surface area (Å²) < 4.78 is 4.26. The van der Waals surface area contributed by atoms with Crippen molar-refractivity contribution in [3.05, 3.63) is 46.8 Å². The standard InChI is InChI=1S/C13H10BrN3O2/c1-16-11(12(18)19)7-17-6-10(15-13(16)17)8-3-2-4-9(14)5-8/h2-7H,1H3,(H,18,19). The maximum absolute atomic E-state index is 11.0. The summed E-state index contributed by atoms with van der Waals surface area (Å²) in [6.07, 6.45) is 3.38. The predicted octanol–water partition coefficient (Wildman–Crippen LogP) is 2.80.